The summed E-state index contributed by atoms with van der Waals surface area (Å²) in [7, 11) is 0. The van der Waals surface area contributed by atoms with Crippen molar-refractivity contribution in [2.24, 2.45) is 0 Å². The average molecular weight is 301 g/mol. The Morgan fingerprint density at radius 1 is 1.27 bits per heavy atom. The third-order valence-corrected chi connectivity index (χ3v) is 3.19. The van der Waals surface area contributed by atoms with E-state index >= 15 is 0 Å². The smallest absolute Gasteiger partial charge is 0.347 e. The van der Waals surface area contributed by atoms with Crippen LogP contribution in [0.15, 0.2) is 36.4 Å². The lowest BCUT2D eigenvalue weighted by Gasteiger charge is -2.07. The molecule has 0 spiro atoms. The van der Waals surface area contributed by atoms with E-state index < -0.39 is 10.9 Å². The lowest BCUT2D eigenvalue weighted by molar-refractivity contribution is -0.385. The molecule has 2 aromatic rings. The molecule has 1 aliphatic rings. The van der Waals surface area contributed by atoms with Crippen LogP contribution in [0.2, 0.25) is 0 Å². The molecule has 0 fully saturated rings. The Morgan fingerprint density at radius 3 is 2.82 bits per heavy atom. The second kappa shape index (κ2) is 5.36. The lowest BCUT2D eigenvalue weighted by atomic mass is 10.2. The predicted molar refractivity (Wildman–Crippen MR) is 75.4 cm³/mol. The van der Waals surface area contributed by atoms with Crippen molar-refractivity contribution in [1.29, 1.82) is 0 Å². The summed E-state index contributed by atoms with van der Waals surface area (Å²) in [5.74, 6) is 0.431. The SMILES string of the molecule is Cc1cc(OC(=O)c2cccc3c2OCO3)ccc1[N+](=O)[O-]. The number of fused-ring (bicyclic) bond motifs is 1. The first-order chi connectivity index (χ1) is 10.6. The number of rotatable bonds is 3. The van der Waals surface area contributed by atoms with Crippen LogP contribution in [0.4, 0.5) is 5.69 Å². The third-order valence-electron chi connectivity index (χ3n) is 3.19. The van der Waals surface area contributed by atoms with E-state index in [1.54, 1.807) is 25.1 Å². The van der Waals surface area contributed by atoms with Crippen molar-refractivity contribution in [3.63, 3.8) is 0 Å². The van der Waals surface area contributed by atoms with Gasteiger partial charge in [-0.25, -0.2) is 4.79 Å². The molecule has 7 heteroatoms. The van der Waals surface area contributed by atoms with Gasteiger partial charge in [0.1, 0.15) is 11.3 Å². The molecule has 2 aromatic carbocycles. The van der Waals surface area contributed by atoms with Gasteiger partial charge < -0.3 is 14.2 Å². The maximum absolute atomic E-state index is 12.2. The van der Waals surface area contributed by atoms with Crippen molar-refractivity contribution < 1.29 is 23.9 Å². The molecule has 0 aliphatic carbocycles. The van der Waals surface area contributed by atoms with Crippen molar-refractivity contribution >= 4 is 11.7 Å². The summed E-state index contributed by atoms with van der Waals surface area (Å²) in [5, 5.41) is 10.8. The summed E-state index contributed by atoms with van der Waals surface area (Å²) in [4.78, 5) is 22.5. The highest BCUT2D eigenvalue weighted by Gasteiger charge is 2.23. The van der Waals surface area contributed by atoms with Crippen LogP contribution < -0.4 is 14.2 Å². The molecule has 0 bridgehead atoms. The number of nitrogens with zero attached hydrogens (tertiary/aromatic N) is 1. The number of esters is 1. The first-order valence-corrected chi connectivity index (χ1v) is 6.42. The van der Waals surface area contributed by atoms with Gasteiger partial charge >= 0.3 is 5.97 Å². The van der Waals surface area contributed by atoms with Crippen LogP contribution in [0.5, 0.6) is 17.2 Å². The zero-order chi connectivity index (χ0) is 15.7. The number of nitro groups is 1. The van der Waals surface area contributed by atoms with Gasteiger partial charge in [-0.1, -0.05) is 6.07 Å². The molecule has 0 saturated carbocycles. The second-order valence-electron chi connectivity index (χ2n) is 4.63. The van der Waals surface area contributed by atoms with Crippen molar-refractivity contribution in [2.75, 3.05) is 6.79 Å². The fraction of sp³-hybridized carbons (Fsp3) is 0.133. The van der Waals surface area contributed by atoms with Crippen molar-refractivity contribution in [2.45, 2.75) is 6.92 Å². The number of aryl methyl sites for hydroxylation is 1. The van der Waals surface area contributed by atoms with E-state index in [2.05, 4.69) is 0 Å². The normalized spacial score (nSPS) is 12.0. The minimum absolute atomic E-state index is 0.0304. The summed E-state index contributed by atoms with van der Waals surface area (Å²) in [6.07, 6.45) is 0. The fourth-order valence-electron chi connectivity index (χ4n) is 2.15. The van der Waals surface area contributed by atoms with Crippen LogP contribution in [-0.2, 0) is 0 Å². The number of nitro benzene ring substituents is 1. The average Bonchev–Trinajstić information content (AvgIpc) is 2.95. The van der Waals surface area contributed by atoms with E-state index in [1.165, 1.54) is 18.2 Å². The molecule has 0 aromatic heterocycles. The van der Waals surface area contributed by atoms with Gasteiger partial charge in [-0.3, -0.25) is 10.1 Å². The minimum Gasteiger partial charge on any atom is -0.454 e. The van der Waals surface area contributed by atoms with Gasteiger partial charge in [-0.05, 0) is 31.2 Å². The monoisotopic (exact) mass is 301 g/mol. The van der Waals surface area contributed by atoms with E-state index in [-0.39, 0.29) is 23.8 Å². The Balaban J connectivity index is 1.85. The van der Waals surface area contributed by atoms with E-state index in [4.69, 9.17) is 14.2 Å². The minimum atomic E-state index is -0.615. The van der Waals surface area contributed by atoms with Crippen LogP contribution in [0, 0.1) is 17.0 Å². The number of hydrogen-bond donors (Lipinski definition) is 0. The van der Waals surface area contributed by atoms with Gasteiger partial charge in [0, 0.05) is 11.6 Å². The molecular formula is C15H11NO6. The molecule has 1 heterocycles. The van der Waals surface area contributed by atoms with Crippen molar-refractivity contribution in [3.05, 3.63) is 57.6 Å². The first kappa shape index (κ1) is 13.9. The molecule has 0 saturated heterocycles. The van der Waals surface area contributed by atoms with E-state index in [0.717, 1.165) is 0 Å². The van der Waals surface area contributed by atoms with Crippen LogP contribution in [0.25, 0.3) is 0 Å². The number of ether oxygens (including phenoxy) is 3. The molecule has 0 atom stereocenters. The third kappa shape index (κ3) is 2.44. The Kier molecular flexibility index (Phi) is 3.38. The predicted octanol–water partition coefficient (Wildman–Crippen LogP) is 2.85. The largest absolute Gasteiger partial charge is 0.454 e. The highest BCUT2D eigenvalue weighted by molar-refractivity contribution is 5.95. The summed E-state index contributed by atoms with van der Waals surface area (Å²) in [6, 6.07) is 9.03. The molecule has 3 rings (SSSR count). The highest BCUT2D eigenvalue weighted by Crippen LogP contribution is 2.36. The molecular weight excluding hydrogens is 290 g/mol. The molecule has 7 nitrogen and oxygen atoms in total. The molecule has 22 heavy (non-hydrogen) atoms. The van der Waals surface area contributed by atoms with Gasteiger partial charge in [-0.15, -0.1) is 0 Å². The summed E-state index contributed by atoms with van der Waals surface area (Å²) in [6.45, 7) is 1.63. The topological polar surface area (TPSA) is 87.9 Å². The van der Waals surface area contributed by atoms with Gasteiger partial charge in [-0.2, -0.15) is 0 Å². The number of para-hydroxylation sites is 1. The number of benzene rings is 2. The van der Waals surface area contributed by atoms with E-state index in [1.807, 2.05) is 0 Å². The van der Waals surface area contributed by atoms with Crippen LogP contribution >= 0.6 is 0 Å². The van der Waals surface area contributed by atoms with Crippen LogP contribution in [0.3, 0.4) is 0 Å². The Bertz CT molecular complexity index is 771. The lowest BCUT2D eigenvalue weighted by Crippen LogP contribution is -2.10. The van der Waals surface area contributed by atoms with Crippen LogP contribution in [0.1, 0.15) is 15.9 Å². The zero-order valence-corrected chi connectivity index (χ0v) is 11.6. The van der Waals surface area contributed by atoms with Gasteiger partial charge in [0.05, 0.1) is 4.92 Å². The highest BCUT2D eigenvalue weighted by atomic mass is 16.7. The quantitative estimate of drug-likeness (QED) is 0.375. The van der Waals surface area contributed by atoms with E-state index in [0.29, 0.717) is 17.1 Å². The molecule has 0 amide bonds. The van der Waals surface area contributed by atoms with Gasteiger partial charge in [0.25, 0.3) is 5.69 Å². The standard InChI is InChI=1S/C15H11NO6/c1-9-7-10(5-6-12(9)16(18)19)22-15(17)11-3-2-4-13-14(11)21-8-20-13/h2-7H,8H2,1H3. The molecule has 0 unspecified atom stereocenters. The number of carbonyl (C=O) groups excluding carboxylic acids is 1. The Morgan fingerprint density at radius 2 is 2.09 bits per heavy atom. The number of carbonyl (C=O) groups is 1. The van der Waals surface area contributed by atoms with Gasteiger partial charge in [0.15, 0.2) is 11.5 Å². The molecule has 0 N–H and O–H groups in total. The maximum atomic E-state index is 12.2. The summed E-state index contributed by atoms with van der Waals surface area (Å²) >= 11 is 0. The second-order valence-corrected chi connectivity index (χ2v) is 4.63. The Labute approximate surface area is 125 Å². The zero-order valence-electron chi connectivity index (χ0n) is 11.6. The molecule has 0 radical (unpaired) electrons. The molecule has 1 aliphatic heterocycles. The maximum Gasteiger partial charge on any atom is 0.347 e. The van der Waals surface area contributed by atoms with Crippen molar-refractivity contribution in [1.82, 2.24) is 0 Å². The van der Waals surface area contributed by atoms with Crippen molar-refractivity contribution in [3.8, 4) is 17.2 Å². The first-order valence-electron chi connectivity index (χ1n) is 6.42. The molecule has 112 valence electrons. The Hall–Kier alpha value is -3.09. The van der Waals surface area contributed by atoms with Gasteiger partial charge in [0.2, 0.25) is 6.79 Å². The number of hydrogen-bond acceptors (Lipinski definition) is 6. The fourth-order valence-corrected chi connectivity index (χ4v) is 2.15. The van der Waals surface area contributed by atoms with E-state index in [9.17, 15) is 14.9 Å². The van der Waals surface area contributed by atoms with Crippen LogP contribution in [-0.4, -0.2) is 17.7 Å². The summed E-state index contributed by atoms with van der Waals surface area (Å²) < 4.78 is 15.7. The summed E-state index contributed by atoms with van der Waals surface area (Å²) in [5.41, 5.74) is 0.622.